The Bertz CT molecular complexity index is 865. The van der Waals surface area contributed by atoms with Gasteiger partial charge in [0.05, 0.1) is 16.6 Å². The molecule has 0 saturated carbocycles. The van der Waals surface area contributed by atoms with Crippen LogP contribution in [0.3, 0.4) is 0 Å². The number of aromatic amines is 1. The number of hydrogen-bond donors (Lipinski definition) is 2. The van der Waals surface area contributed by atoms with Crippen molar-refractivity contribution in [3.8, 4) is 0 Å². The van der Waals surface area contributed by atoms with E-state index in [1.165, 1.54) is 0 Å². The van der Waals surface area contributed by atoms with E-state index in [2.05, 4.69) is 31.2 Å². The molecule has 2 aromatic carbocycles. The largest absolute Gasteiger partial charge is 0.352 e. The van der Waals surface area contributed by atoms with Crippen LogP contribution in [0.2, 0.25) is 0 Å². The molecule has 0 unspecified atom stereocenters. The molecule has 1 heterocycles. The van der Waals surface area contributed by atoms with E-state index >= 15 is 0 Å². The third-order valence-corrected chi connectivity index (χ3v) is 4.08. The number of nitrogens with one attached hydrogen (secondary N) is 2. The molecule has 0 bridgehead atoms. The lowest BCUT2D eigenvalue weighted by Crippen LogP contribution is -2.25. The zero-order valence-electron chi connectivity index (χ0n) is 13.3. The van der Waals surface area contributed by atoms with Crippen LogP contribution >= 0.6 is 15.9 Å². The van der Waals surface area contributed by atoms with Crippen molar-refractivity contribution in [1.82, 2.24) is 15.3 Å². The highest BCUT2D eigenvalue weighted by Gasteiger charge is 2.16. The molecule has 4 nitrogen and oxygen atoms in total. The van der Waals surface area contributed by atoms with Gasteiger partial charge < -0.3 is 10.3 Å². The summed E-state index contributed by atoms with van der Waals surface area (Å²) in [4.78, 5) is 20.4. The number of imidazole rings is 1. The first-order valence-electron chi connectivity index (χ1n) is 7.88. The van der Waals surface area contributed by atoms with Gasteiger partial charge in [-0.1, -0.05) is 47.1 Å². The number of H-pyrrole nitrogens is 1. The highest BCUT2D eigenvalue weighted by atomic mass is 79.9. The van der Waals surface area contributed by atoms with Gasteiger partial charge in [-0.2, -0.15) is 0 Å². The smallest absolute Gasteiger partial charge is 0.255 e. The van der Waals surface area contributed by atoms with Crippen LogP contribution in [0.5, 0.6) is 0 Å². The highest BCUT2D eigenvalue weighted by Crippen LogP contribution is 2.21. The molecule has 0 fully saturated rings. The molecule has 0 radical (unpaired) electrons. The zero-order valence-corrected chi connectivity index (χ0v) is 14.9. The number of carbonyl (C=O) groups excluding carboxylic acids is 1. The summed E-state index contributed by atoms with van der Waals surface area (Å²) in [5.41, 5.74) is 3.22. The third-order valence-electron chi connectivity index (χ3n) is 3.58. The van der Waals surface area contributed by atoms with Crippen LogP contribution in [0.25, 0.3) is 22.7 Å². The van der Waals surface area contributed by atoms with Crippen LogP contribution in [-0.2, 0) is 4.79 Å². The quantitative estimate of drug-likeness (QED) is 0.641. The Morgan fingerprint density at radius 2 is 2.08 bits per heavy atom. The van der Waals surface area contributed by atoms with Crippen molar-refractivity contribution in [3.63, 3.8) is 0 Å². The van der Waals surface area contributed by atoms with Gasteiger partial charge >= 0.3 is 0 Å². The summed E-state index contributed by atoms with van der Waals surface area (Å²) in [5.74, 6) is 0.445. The maximum Gasteiger partial charge on any atom is 0.255 e. The number of aromatic nitrogens is 2. The standard InChI is InChI=1S/C19H18BrN3O/c1-2-10-21-19(24)15(12-13-6-5-7-14(20)11-13)18-22-16-8-3-4-9-17(16)23-18/h3-9,11-12H,2,10H2,1H3,(H,21,24)(H,22,23)/b15-12+. The molecule has 5 heteroatoms. The molecular weight excluding hydrogens is 366 g/mol. The summed E-state index contributed by atoms with van der Waals surface area (Å²) in [7, 11) is 0. The Morgan fingerprint density at radius 1 is 1.25 bits per heavy atom. The van der Waals surface area contributed by atoms with Crippen LogP contribution in [0, 0.1) is 0 Å². The molecule has 0 spiro atoms. The summed E-state index contributed by atoms with van der Waals surface area (Å²) in [5, 5.41) is 2.93. The predicted molar refractivity (Wildman–Crippen MR) is 101 cm³/mol. The van der Waals surface area contributed by atoms with Crippen molar-refractivity contribution in [2.75, 3.05) is 6.54 Å². The molecule has 0 saturated heterocycles. The average Bonchev–Trinajstić information content (AvgIpc) is 3.01. The van der Waals surface area contributed by atoms with Crippen LogP contribution in [0.4, 0.5) is 0 Å². The van der Waals surface area contributed by atoms with E-state index in [0.29, 0.717) is 17.9 Å². The fraction of sp³-hybridized carbons (Fsp3) is 0.158. The second-order valence-corrected chi connectivity index (χ2v) is 6.39. The SMILES string of the molecule is CCCNC(=O)/C(=C/c1cccc(Br)c1)c1nc2ccccc2[nH]1. The number of nitrogens with zero attached hydrogens (tertiary/aromatic N) is 1. The minimum Gasteiger partial charge on any atom is -0.352 e. The number of hydrogen-bond acceptors (Lipinski definition) is 2. The van der Waals surface area contributed by atoms with Crippen LogP contribution in [0.15, 0.2) is 53.0 Å². The lowest BCUT2D eigenvalue weighted by molar-refractivity contribution is -0.115. The first-order chi connectivity index (χ1) is 11.7. The van der Waals surface area contributed by atoms with Gasteiger partial charge in [0, 0.05) is 11.0 Å². The molecule has 0 atom stereocenters. The summed E-state index contributed by atoms with van der Waals surface area (Å²) >= 11 is 3.46. The van der Waals surface area contributed by atoms with E-state index in [9.17, 15) is 4.79 Å². The number of amides is 1. The Labute approximate surface area is 149 Å². The van der Waals surface area contributed by atoms with Crippen molar-refractivity contribution in [1.29, 1.82) is 0 Å². The average molecular weight is 384 g/mol. The van der Waals surface area contributed by atoms with Gasteiger partial charge in [-0.15, -0.1) is 0 Å². The van der Waals surface area contributed by atoms with E-state index in [4.69, 9.17) is 0 Å². The van der Waals surface area contributed by atoms with Gasteiger partial charge in [0.1, 0.15) is 5.82 Å². The molecule has 1 aromatic heterocycles. The molecule has 3 aromatic rings. The number of fused-ring (bicyclic) bond motifs is 1. The van der Waals surface area contributed by atoms with Crippen molar-refractivity contribution >= 4 is 44.5 Å². The van der Waals surface area contributed by atoms with E-state index in [0.717, 1.165) is 27.5 Å². The Morgan fingerprint density at radius 3 is 2.83 bits per heavy atom. The first-order valence-corrected chi connectivity index (χ1v) is 8.67. The van der Waals surface area contributed by atoms with Gasteiger partial charge in [0.15, 0.2) is 0 Å². The van der Waals surface area contributed by atoms with Gasteiger partial charge in [0.25, 0.3) is 5.91 Å². The molecule has 1 amide bonds. The Hall–Kier alpha value is -2.40. The lowest BCUT2D eigenvalue weighted by Gasteiger charge is -2.06. The van der Waals surface area contributed by atoms with Crippen LogP contribution in [0.1, 0.15) is 24.7 Å². The van der Waals surface area contributed by atoms with E-state index in [-0.39, 0.29) is 5.91 Å². The number of halogens is 1. The van der Waals surface area contributed by atoms with E-state index in [1.54, 1.807) is 0 Å². The Balaban J connectivity index is 2.05. The monoisotopic (exact) mass is 383 g/mol. The lowest BCUT2D eigenvalue weighted by atomic mass is 10.1. The topological polar surface area (TPSA) is 57.8 Å². The van der Waals surface area contributed by atoms with Crippen molar-refractivity contribution in [2.45, 2.75) is 13.3 Å². The van der Waals surface area contributed by atoms with Crippen LogP contribution in [-0.4, -0.2) is 22.4 Å². The maximum absolute atomic E-state index is 12.6. The molecule has 0 aliphatic rings. The number of carbonyl (C=O) groups is 1. The minimum absolute atomic E-state index is 0.129. The molecule has 3 rings (SSSR count). The van der Waals surface area contributed by atoms with Gasteiger partial charge in [-0.3, -0.25) is 4.79 Å². The van der Waals surface area contributed by atoms with E-state index < -0.39 is 0 Å². The second kappa shape index (κ2) is 7.45. The maximum atomic E-state index is 12.6. The zero-order chi connectivity index (χ0) is 16.9. The van der Waals surface area contributed by atoms with Gasteiger partial charge in [-0.25, -0.2) is 4.98 Å². The summed E-state index contributed by atoms with van der Waals surface area (Å²) < 4.78 is 0.967. The fourth-order valence-electron chi connectivity index (χ4n) is 2.42. The first kappa shape index (κ1) is 16.5. The van der Waals surface area contributed by atoms with Gasteiger partial charge in [-0.05, 0) is 42.3 Å². The highest BCUT2D eigenvalue weighted by molar-refractivity contribution is 9.10. The Kier molecular flexibility index (Phi) is 5.11. The molecular formula is C19H18BrN3O. The summed E-state index contributed by atoms with van der Waals surface area (Å²) in [6.07, 6.45) is 2.74. The fourth-order valence-corrected chi connectivity index (χ4v) is 2.84. The molecule has 24 heavy (non-hydrogen) atoms. The van der Waals surface area contributed by atoms with Gasteiger partial charge in [0.2, 0.25) is 0 Å². The third kappa shape index (κ3) is 3.74. The number of rotatable bonds is 5. The number of benzene rings is 2. The molecule has 122 valence electrons. The normalized spacial score (nSPS) is 11.7. The second-order valence-electron chi connectivity index (χ2n) is 5.47. The van der Waals surface area contributed by atoms with Crippen molar-refractivity contribution in [3.05, 3.63) is 64.4 Å². The molecule has 2 N–H and O–H groups in total. The summed E-state index contributed by atoms with van der Waals surface area (Å²) in [6.45, 7) is 2.66. The van der Waals surface area contributed by atoms with Crippen molar-refractivity contribution in [2.24, 2.45) is 0 Å². The van der Waals surface area contributed by atoms with E-state index in [1.807, 2.05) is 61.5 Å². The number of para-hydroxylation sites is 2. The minimum atomic E-state index is -0.129. The molecule has 0 aliphatic heterocycles. The van der Waals surface area contributed by atoms with Crippen molar-refractivity contribution < 1.29 is 4.79 Å². The van der Waals surface area contributed by atoms with Crippen LogP contribution < -0.4 is 5.32 Å². The molecule has 0 aliphatic carbocycles. The summed E-state index contributed by atoms with van der Waals surface area (Å²) in [6, 6.07) is 15.6. The predicted octanol–water partition coefficient (Wildman–Crippen LogP) is 4.39.